The zero-order chi connectivity index (χ0) is 13.1. The van der Waals surface area contributed by atoms with Crippen LogP contribution in [0.5, 0.6) is 0 Å². The van der Waals surface area contributed by atoms with Crippen LogP contribution in [-0.4, -0.2) is 27.4 Å². The number of para-hydroxylation sites is 1. The summed E-state index contributed by atoms with van der Waals surface area (Å²) in [6.45, 7) is 4.62. The van der Waals surface area contributed by atoms with Gasteiger partial charge in [0.1, 0.15) is 0 Å². The molecule has 0 N–H and O–H groups in total. The molecule has 0 fully saturated rings. The molecular formula is C16H20NP. The Morgan fingerprint density at radius 1 is 0.778 bits per heavy atom. The van der Waals surface area contributed by atoms with E-state index in [0.717, 1.165) is 0 Å². The number of benzene rings is 2. The first-order valence-corrected chi connectivity index (χ1v) is 8.38. The topological polar surface area (TPSA) is 3.24 Å². The fraction of sp³-hybridized carbons (Fsp3) is 0.250. The van der Waals surface area contributed by atoms with E-state index < -0.39 is 0 Å². The van der Waals surface area contributed by atoms with E-state index >= 15 is 0 Å². The highest BCUT2D eigenvalue weighted by Crippen LogP contribution is 2.34. The Kier molecular flexibility index (Phi) is 4.04. The first kappa shape index (κ1) is 13.1. The molecule has 0 aliphatic carbocycles. The van der Waals surface area contributed by atoms with Gasteiger partial charge in [-0.25, -0.2) is 0 Å². The van der Waals surface area contributed by atoms with E-state index in [1.165, 1.54) is 22.1 Å². The molecule has 1 nitrogen and oxygen atoms in total. The van der Waals surface area contributed by atoms with Crippen LogP contribution in [0.15, 0.2) is 48.5 Å². The maximum absolute atomic E-state index is 2.31. The van der Waals surface area contributed by atoms with Gasteiger partial charge in [-0.05, 0) is 30.3 Å². The molecule has 0 saturated carbocycles. The third-order valence-corrected chi connectivity index (χ3v) is 4.42. The molecule has 0 radical (unpaired) electrons. The summed E-state index contributed by atoms with van der Waals surface area (Å²) in [5, 5.41) is 1.47. The Balaban J connectivity index is 2.62. The summed E-state index contributed by atoms with van der Waals surface area (Å²) in [5.41, 5.74) is 3.98. The summed E-state index contributed by atoms with van der Waals surface area (Å²) in [6.07, 6.45) is 0. The lowest BCUT2D eigenvalue weighted by Gasteiger charge is -2.20. The van der Waals surface area contributed by atoms with Crippen LogP contribution in [0.25, 0.3) is 11.1 Å². The van der Waals surface area contributed by atoms with E-state index in [1.54, 1.807) is 0 Å². The molecule has 94 valence electrons. The average Bonchev–Trinajstić information content (AvgIpc) is 2.38. The quantitative estimate of drug-likeness (QED) is 0.756. The second kappa shape index (κ2) is 5.54. The van der Waals surface area contributed by atoms with Gasteiger partial charge in [0.2, 0.25) is 0 Å². The third kappa shape index (κ3) is 2.57. The Morgan fingerprint density at radius 3 is 1.94 bits per heavy atom. The van der Waals surface area contributed by atoms with Crippen molar-refractivity contribution in [3.63, 3.8) is 0 Å². The van der Waals surface area contributed by atoms with Crippen molar-refractivity contribution in [2.45, 2.75) is 0 Å². The standard InChI is InChI=1S/C16H20NP/c1-17(2)15-11-7-5-9-13(15)14-10-6-8-12-16(14)18(3)4/h5-12H,1-4H3. The summed E-state index contributed by atoms with van der Waals surface area (Å²) in [4.78, 5) is 2.18. The van der Waals surface area contributed by atoms with Gasteiger partial charge in [0.05, 0.1) is 0 Å². The second-order valence-electron chi connectivity index (χ2n) is 4.82. The maximum Gasteiger partial charge on any atom is 0.0440 e. The molecule has 0 bridgehead atoms. The van der Waals surface area contributed by atoms with Gasteiger partial charge in [-0.15, -0.1) is 0 Å². The zero-order valence-corrected chi connectivity index (χ0v) is 12.4. The molecule has 0 heterocycles. The van der Waals surface area contributed by atoms with Crippen molar-refractivity contribution in [1.29, 1.82) is 0 Å². The number of nitrogens with zero attached hydrogens (tertiary/aromatic N) is 1. The van der Waals surface area contributed by atoms with E-state index in [2.05, 4.69) is 80.9 Å². The third-order valence-electron chi connectivity index (χ3n) is 3.06. The molecule has 2 heteroatoms. The van der Waals surface area contributed by atoms with Crippen LogP contribution in [0.2, 0.25) is 0 Å². The van der Waals surface area contributed by atoms with Gasteiger partial charge >= 0.3 is 0 Å². The highest BCUT2D eigenvalue weighted by Gasteiger charge is 2.11. The molecule has 0 aliphatic rings. The first-order chi connectivity index (χ1) is 8.61. The normalized spacial score (nSPS) is 10.7. The van der Waals surface area contributed by atoms with Gasteiger partial charge in [-0.3, -0.25) is 0 Å². The largest absolute Gasteiger partial charge is 0.377 e. The monoisotopic (exact) mass is 257 g/mol. The summed E-state index contributed by atoms with van der Waals surface area (Å²) < 4.78 is 0. The lowest BCUT2D eigenvalue weighted by molar-refractivity contribution is 1.13. The predicted molar refractivity (Wildman–Crippen MR) is 84.6 cm³/mol. The summed E-state index contributed by atoms with van der Waals surface area (Å²) >= 11 is 0. The first-order valence-electron chi connectivity index (χ1n) is 6.14. The molecule has 0 saturated heterocycles. The lowest BCUT2D eigenvalue weighted by atomic mass is 10.0. The van der Waals surface area contributed by atoms with Crippen LogP contribution in [0.1, 0.15) is 0 Å². The van der Waals surface area contributed by atoms with E-state index in [4.69, 9.17) is 0 Å². The molecule has 0 aromatic heterocycles. The van der Waals surface area contributed by atoms with Gasteiger partial charge < -0.3 is 4.90 Å². The number of rotatable bonds is 3. The fourth-order valence-corrected chi connectivity index (χ4v) is 3.24. The van der Waals surface area contributed by atoms with E-state index in [-0.39, 0.29) is 7.92 Å². The van der Waals surface area contributed by atoms with Crippen LogP contribution in [0.4, 0.5) is 5.69 Å². The van der Waals surface area contributed by atoms with E-state index in [9.17, 15) is 0 Å². The van der Waals surface area contributed by atoms with Crippen LogP contribution >= 0.6 is 7.92 Å². The van der Waals surface area contributed by atoms with Crippen LogP contribution in [0, 0.1) is 0 Å². The van der Waals surface area contributed by atoms with Crippen LogP contribution < -0.4 is 10.2 Å². The molecule has 2 rings (SSSR count). The maximum atomic E-state index is 2.31. The van der Waals surface area contributed by atoms with Crippen molar-refractivity contribution < 1.29 is 0 Å². The van der Waals surface area contributed by atoms with Gasteiger partial charge in [0, 0.05) is 25.3 Å². The van der Waals surface area contributed by atoms with Crippen LogP contribution in [0.3, 0.4) is 0 Å². The van der Waals surface area contributed by atoms with Crippen molar-refractivity contribution in [2.24, 2.45) is 0 Å². The second-order valence-corrected chi connectivity index (χ2v) is 7.09. The molecule has 2 aromatic carbocycles. The molecular weight excluding hydrogens is 237 g/mol. The van der Waals surface area contributed by atoms with E-state index in [1.807, 2.05) is 0 Å². The molecule has 0 aliphatic heterocycles. The Bertz CT molecular complexity index is 483. The highest BCUT2D eigenvalue weighted by molar-refractivity contribution is 7.64. The minimum atomic E-state index is -0.0902. The van der Waals surface area contributed by atoms with Gasteiger partial charge in [-0.2, -0.15) is 0 Å². The summed E-state index contributed by atoms with van der Waals surface area (Å²) in [7, 11) is 4.11. The highest BCUT2D eigenvalue weighted by atomic mass is 31.1. The predicted octanol–water partition coefficient (Wildman–Crippen LogP) is 3.79. The fourth-order valence-electron chi connectivity index (χ4n) is 2.18. The van der Waals surface area contributed by atoms with E-state index in [0.29, 0.717) is 0 Å². The number of anilines is 1. The zero-order valence-electron chi connectivity index (χ0n) is 11.5. The number of hydrogen-bond acceptors (Lipinski definition) is 1. The Morgan fingerprint density at radius 2 is 1.33 bits per heavy atom. The van der Waals surface area contributed by atoms with Crippen molar-refractivity contribution in [3.05, 3.63) is 48.5 Å². The average molecular weight is 257 g/mol. The molecule has 18 heavy (non-hydrogen) atoms. The van der Waals surface area contributed by atoms with Crippen molar-refractivity contribution in [2.75, 3.05) is 32.3 Å². The Labute approximate surface area is 111 Å². The number of hydrogen-bond donors (Lipinski definition) is 0. The van der Waals surface area contributed by atoms with Gasteiger partial charge in [-0.1, -0.05) is 50.4 Å². The molecule has 0 unspecified atom stereocenters. The Hall–Kier alpha value is -1.33. The van der Waals surface area contributed by atoms with Gasteiger partial charge in [0.25, 0.3) is 0 Å². The SMILES string of the molecule is CN(C)c1ccccc1-c1ccccc1P(C)C. The lowest BCUT2D eigenvalue weighted by Crippen LogP contribution is -2.12. The van der Waals surface area contributed by atoms with Crippen molar-refractivity contribution in [3.8, 4) is 11.1 Å². The minimum absolute atomic E-state index is 0.0902. The van der Waals surface area contributed by atoms with Gasteiger partial charge in [0.15, 0.2) is 0 Å². The van der Waals surface area contributed by atoms with Crippen LogP contribution in [-0.2, 0) is 0 Å². The van der Waals surface area contributed by atoms with Crippen molar-refractivity contribution in [1.82, 2.24) is 0 Å². The summed E-state index contributed by atoms with van der Waals surface area (Å²) in [5.74, 6) is 0. The smallest absolute Gasteiger partial charge is 0.0440 e. The minimum Gasteiger partial charge on any atom is -0.377 e. The molecule has 0 spiro atoms. The molecule has 0 amide bonds. The van der Waals surface area contributed by atoms with Crippen molar-refractivity contribution >= 4 is 18.9 Å². The summed E-state index contributed by atoms with van der Waals surface area (Å²) in [6, 6.07) is 17.4. The molecule has 0 atom stereocenters. The molecule has 2 aromatic rings.